The maximum Gasteiger partial charge on any atom is 0.251 e. The van der Waals surface area contributed by atoms with Crippen molar-refractivity contribution in [1.82, 2.24) is 15.3 Å². The molecule has 7 heteroatoms. The topological polar surface area (TPSA) is 116 Å². The zero-order valence-corrected chi connectivity index (χ0v) is 13.2. The summed E-state index contributed by atoms with van der Waals surface area (Å²) in [7, 11) is 0. The van der Waals surface area contributed by atoms with E-state index < -0.39 is 23.2 Å². The zero-order valence-electron chi connectivity index (χ0n) is 13.2. The average Bonchev–Trinajstić information content (AvgIpc) is 2.49. The molecule has 122 valence electrons. The molecular formula is C16H19N3O4. The lowest BCUT2D eigenvalue weighted by Gasteiger charge is -2.21. The van der Waals surface area contributed by atoms with Crippen LogP contribution in [-0.2, 0) is 12.0 Å². The van der Waals surface area contributed by atoms with Crippen molar-refractivity contribution in [2.45, 2.75) is 32.7 Å². The van der Waals surface area contributed by atoms with Gasteiger partial charge in [-0.1, -0.05) is 20.8 Å². The molecule has 0 radical (unpaired) electrons. The number of phenolic OH excluding ortho intramolecular Hbond substituents is 3. The van der Waals surface area contributed by atoms with Crippen LogP contribution in [0.2, 0.25) is 0 Å². The van der Waals surface area contributed by atoms with Gasteiger partial charge in [0.1, 0.15) is 6.33 Å². The van der Waals surface area contributed by atoms with Gasteiger partial charge in [0, 0.05) is 29.3 Å². The highest BCUT2D eigenvalue weighted by atomic mass is 16.3. The third-order valence-electron chi connectivity index (χ3n) is 3.27. The zero-order chi connectivity index (χ0) is 17.2. The summed E-state index contributed by atoms with van der Waals surface area (Å²) in [6.07, 6.45) is 3.10. The van der Waals surface area contributed by atoms with Crippen molar-refractivity contribution in [2.24, 2.45) is 0 Å². The molecule has 1 amide bonds. The molecule has 2 rings (SSSR count). The molecule has 0 aliphatic heterocycles. The van der Waals surface area contributed by atoms with Crippen molar-refractivity contribution in [1.29, 1.82) is 0 Å². The number of nitrogens with one attached hydrogen (secondary N) is 1. The van der Waals surface area contributed by atoms with Crippen LogP contribution >= 0.6 is 0 Å². The fourth-order valence-electron chi connectivity index (χ4n) is 2.18. The summed E-state index contributed by atoms with van der Waals surface area (Å²) in [5.41, 5.74) is 1.44. The molecule has 0 saturated heterocycles. The Balaban J connectivity index is 2.18. The second-order valence-electron chi connectivity index (χ2n) is 6.19. The van der Waals surface area contributed by atoms with Crippen molar-refractivity contribution >= 4 is 5.91 Å². The molecule has 0 atom stereocenters. The lowest BCUT2D eigenvalue weighted by atomic mass is 9.89. The van der Waals surface area contributed by atoms with E-state index in [4.69, 9.17) is 0 Å². The van der Waals surface area contributed by atoms with Gasteiger partial charge in [-0.2, -0.15) is 0 Å². The van der Waals surface area contributed by atoms with Crippen LogP contribution in [0.5, 0.6) is 17.2 Å². The Hall–Kier alpha value is -2.83. The number of rotatable bonds is 3. The van der Waals surface area contributed by atoms with Crippen LogP contribution in [0.1, 0.15) is 42.4 Å². The Morgan fingerprint density at radius 2 is 1.78 bits per heavy atom. The molecule has 0 unspecified atom stereocenters. The summed E-state index contributed by atoms with van der Waals surface area (Å²) in [6, 6.07) is 2.16. The number of hydrogen-bond donors (Lipinski definition) is 4. The van der Waals surface area contributed by atoms with Crippen LogP contribution in [-0.4, -0.2) is 31.2 Å². The van der Waals surface area contributed by atoms with Gasteiger partial charge in [0.15, 0.2) is 17.2 Å². The molecule has 0 bridgehead atoms. The quantitative estimate of drug-likeness (QED) is 0.642. The van der Waals surface area contributed by atoms with Gasteiger partial charge in [0.2, 0.25) is 0 Å². The van der Waals surface area contributed by atoms with Crippen LogP contribution in [0, 0.1) is 0 Å². The Morgan fingerprint density at radius 3 is 2.35 bits per heavy atom. The third-order valence-corrected chi connectivity index (χ3v) is 3.27. The summed E-state index contributed by atoms with van der Waals surface area (Å²) in [4.78, 5) is 20.4. The predicted octanol–water partition coefficient (Wildman–Crippen LogP) is 1.82. The van der Waals surface area contributed by atoms with Gasteiger partial charge in [-0.15, -0.1) is 0 Å². The van der Waals surface area contributed by atoms with Crippen LogP contribution in [0.4, 0.5) is 0 Å². The molecule has 4 N–H and O–H groups in total. The van der Waals surface area contributed by atoms with Crippen LogP contribution in [0.15, 0.2) is 24.7 Å². The number of phenols is 3. The first-order chi connectivity index (χ1) is 10.7. The Bertz CT molecular complexity index is 715. The smallest absolute Gasteiger partial charge is 0.251 e. The normalized spacial score (nSPS) is 11.3. The largest absolute Gasteiger partial charge is 0.504 e. The molecule has 0 spiro atoms. The van der Waals surface area contributed by atoms with Gasteiger partial charge in [-0.05, 0) is 12.1 Å². The van der Waals surface area contributed by atoms with Crippen molar-refractivity contribution in [2.75, 3.05) is 0 Å². The molecular weight excluding hydrogens is 298 g/mol. The number of amides is 1. The molecule has 1 aromatic heterocycles. The fourth-order valence-corrected chi connectivity index (χ4v) is 2.18. The third kappa shape index (κ3) is 3.68. The maximum absolute atomic E-state index is 12.1. The van der Waals surface area contributed by atoms with E-state index in [1.165, 1.54) is 6.33 Å². The van der Waals surface area contributed by atoms with Crippen molar-refractivity contribution in [3.63, 3.8) is 0 Å². The minimum atomic E-state index is -0.659. The van der Waals surface area contributed by atoms with Gasteiger partial charge < -0.3 is 20.6 Å². The minimum absolute atomic E-state index is 0.0342. The lowest BCUT2D eigenvalue weighted by Crippen LogP contribution is -2.26. The van der Waals surface area contributed by atoms with Gasteiger partial charge >= 0.3 is 0 Å². The number of nitrogens with zero attached hydrogens (tertiary/aromatic N) is 2. The molecule has 7 nitrogen and oxygen atoms in total. The standard InChI is InChI=1S/C16H19N3O4/c1-16(2,3)14-10(6-17-8-19-14)7-18-15(23)9-4-11(20)13(22)12(21)5-9/h4-6,8,20-22H,7H2,1-3H3,(H,18,23). The van der Waals surface area contributed by atoms with E-state index in [1.807, 2.05) is 20.8 Å². The van der Waals surface area contributed by atoms with E-state index in [0.717, 1.165) is 23.4 Å². The fraction of sp³-hybridized carbons (Fsp3) is 0.312. The average molecular weight is 317 g/mol. The van der Waals surface area contributed by atoms with E-state index in [9.17, 15) is 20.1 Å². The summed E-state index contributed by atoms with van der Waals surface area (Å²) in [5, 5.41) is 30.9. The second-order valence-corrected chi connectivity index (χ2v) is 6.19. The highest BCUT2D eigenvalue weighted by Gasteiger charge is 2.20. The molecule has 0 aliphatic carbocycles. The van der Waals surface area contributed by atoms with E-state index in [0.29, 0.717) is 0 Å². The number of carbonyl (C=O) groups is 1. The summed E-state index contributed by atoms with van der Waals surface area (Å²) in [5.74, 6) is -2.28. The number of hydrogen-bond acceptors (Lipinski definition) is 6. The molecule has 0 aliphatic rings. The van der Waals surface area contributed by atoms with Gasteiger partial charge in [0.25, 0.3) is 5.91 Å². The highest BCUT2D eigenvalue weighted by Crippen LogP contribution is 2.35. The molecule has 1 heterocycles. The maximum atomic E-state index is 12.1. The Morgan fingerprint density at radius 1 is 1.17 bits per heavy atom. The van der Waals surface area contributed by atoms with E-state index in [-0.39, 0.29) is 17.5 Å². The first kappa shape index (κ1) is 16.5. The molecule has 23 heavy (non-hydrogen) atoms. The van der Waals surface area contributed by atoms with Crippen molar-refractivity contribution < 1.29 is 20.1 Å². The Kier molecular flexibility index (Phi) is 4.40. The summed E-state index contributed by atoms with van der Waals surface area (Å²) < 4.78 is 0. The molecule has 0 saturated carbocycles. The molecule has 1 aromatic carbocycles. The minimum Gasteiger partial charge on any atom is -0.504 e. The first-order valence-electron chi connectivity index (χ1n) is 7.02. The van der Waals surface area contributed by atoms with Crippen molar-refractivity contribution in [3.8, 4) is 17.2 Å². The first-order valence-corrected chi connectivity index (χ1v) is 7.02. The van der Waals surface area contributed by atoms with Crippen molar-refractivity contribution in [3.05, 3.63) is 41.5 Å². The highest BCUT2D eigenvalue weighted by molar-refractivity contribution is 5.95. The van der Waals surface area contributed by atoms with Crippen LogP contribution in [0.3, 0.4) is 0 Å². The van der Waals surface area contributed by atoms with Gasteiger partial charge in [-0.3, -0.25) is 4.79 Å². The van der Waals surface area contributed by atoms with E-state index >= 15 is 0 Å². The second kappa shape index (κ2) is 6.12. The molecule has 2 aromatic rings. The number of aromatic hydroxyl groups is 3. The van der Waals surface area contributed by atoms with E-state index in [2.05, 4.69) is 15.3 Å². The predicted molar refractivity (Wildman–Crippen MR) is 83.3 cm³/mol. The Labute approximate surface area is 133 Å². The van der Waals surface area contributed by atoms with Gasteiger partial charge in [0.05, 0.1) is 5.69 Å². The monoisotopic (exact) mass is 317 g/mol. The number of benzene rings is 1. The van der Waals surface area contributed by atoms with Gasteiger partial charge in [-0.25, -0.2) is 9.97 Å². The lowest BCUT2D eigenvalue weighted by molar-refractivity contribution is 0.0949. The van der Waals surface area contributed by atoms with Crippen LogP contribution in [0.25, 0.3) is 0 Å². The van der Waals surface area contributed by atoms with E-state index in [1.54, 1.807) is 6.20 Å². The number of carbonyl (C=O) groups excluding carboxylic acids is 1. The summed E-state index contributed by atoms with van der Waals surface area (Å²) >= 11 is 0. The molecule has 0 fully saturated rings. The SMILES string of the molecule is CC(C)(C)c1ncncc1CNC(=O)c1cc(O)c(O)c(O)c1. The number of aromatic nitrogens is 2. The van der Waals surface area contributed by atoms with Crippen LogP contribution < -0.4 is 5.32 Å². The summed E-state index contributed by atoms with van der Waals surface area (Å²) in [6.45, 7) is 6.23.